The van der Waals surface area contributed by atoms with Crippen molar-refractivity contribution >= 4 is 33.6 Å². The predicted octanol–water partition coefficient (Wildman–Crippen LogP) is 10.3. The summed E-state index contributed by atoms with van der Waals surface area (Å²) in [6.07, 6.45) is 7.64. The minimum Gasteiger partial charge on any atom is -0.494 e. The maximum Gasteiger partial charge on any atom is 0.253 e. The predicted molar refractivity (Wildman–Crippen MR) is 271 cm³/mol. The zero-order chi connectivity index (χ0) is 46.4. The fourth-order valence-corrected chi connectivity index (χ4v) is 10.9. The van der Waals surface area contributed by atoms with E-state index in [1.807, 2.05) is 35.8 Å². The standard InChI is InChI=1S/C30H39N3O2.C27H33N3O2/c1-4-15-31-16-14-29-27(21-31)26-19-24(30(34)32-17-12-22(3)13-18-32)8-11-28(26)33(29)20-23-6-9-25(10-7-23)35-5-2;1-3-32-22-7-4-20(5-8-22)18-30-25-9-6-21(27(31)29-14-11-19(2)12-15-29)16-23(25)24-17-28-13-10-26(24)30/h6-11,19,22H,4-5,12-18,20-21H2,1-3H3;4-9,16,19,28H,3,10-15,17-18H2,1-2H3. The Morgan fingerprint density at radius 2 is 1.07 bits per heavy atom. The van der Waals surface area contributed by atoms with Crippen molar-refractivity contribution in [3.05, 3.63) is 130 Å². The first-order valence-electron chi connectivity index (χ1n) is 25.4. The minimum atomic E-state index is 0.176. The first-order valence-corrected chi connectivity index (χ1v) is 25.4. The van der Waals surface area contributed by atoms with E-state index in [-0.39, 0.29) is 11.8 Å². The number of fused-ring (bicyclic) bond motifs is 6. The average molecular weight is 905 g/mol. The van der Waals surface area contributed by atoms with E-state index in [1.165, 1.54) is 55.4 Å². The number of nitrogens with zero attached hydrogens (tertiary/aromatic N) is 5. The van der Waals surface area contributed by atoms with E-state index >= 15 is 0 Å². The molecule has 4 aliphatic heterocycles. The SMILES string of the molecule is CCCN1CCc2c(c3cc(C(=O)N4CCC(C)CC4)ccc3n2Cc2ccc(OCC)cc2)C1.CCOc1ccc(Cn2c3c(c4cc(C(=O)N5CCC(C)CC5)ccc42)CNCC3)cc1. The molecule has 0 radical (unpaired) electrons. The molecular weight excluding hydrogens is 833 g/mol. The number of hydrogen-bond donors (Lipinski definition) is 1. The van der Waals surface area contributed by atoms with Crippen molar-refractivity contribution in [1.82, 2.24) is 29.2 Å². The van der Waals surface area contributed by atoms with E-state index in [0.29, 0.717) is 13.2 Å². The third kappa shape index (κ3) is 10.3. The van der Waals surface area contributed by atoms with E-state index < -0.39 is 0 Å². The highest BCUT2D eigenvalue weighted by molar-refractivity contribution is 6.00. The summed E-state index contributed by atoms with van der Waals surface area (Å²) in [5.74, 6) is 3.63. The van der Waals surface area contributed by atoms with Crippen LogP contribution in [0.2, 0.25) is 0 Å². The number of aromatic nitrogens is 2. The number of carbonyl (C=O) groups excluding carboxylic acids is 2. The number of rotatable bonds is 12. The van der Waals surface area contributed by atoms with Crippen LogP contribution in [0.25, 0.3) is 21.8 Å². The Bertz CT molecular complexity index is 2650. The molecule has 2 saturated heterocycles. The highest BCUT2D eigenvalue weighted by Crippen LogP contribution is 2.35. The van der Waals surface area contributed by atoms with E-state index in [0.717, 1.165) is 151 Å². The number of likely N-dealkylation sites (tertiary alicyclic amines) is 2. The third-order valence-corrected chi connectivity index (χ3v) is 14.8. The summed E-state index contributed by atoms with van der Waals surface area (Å²) >= 11 is 0. The van der Waals surface area contributed by atoms with Crippen LogP contribution in [0.15, 0.2) is 84.9 Å². The van der Waals surface area contributed by atoms with Crippen LogP contribution in [-0.4, -0.2) is 94.7 Å². The highest BCUT2D eigenvalue weighted by atomic mass is 16.5. The molecule has 6 aromatic rings. The maximum atomic E-state index is 13.4. The number of piperidine rings is 2. The minimum absolute atomic E-state index is 0.176. The van der Waals surface area contributed by atoms with Crippen LogP contribution in [0.4, 0.5) is 0 Å². The monoisotopic (exact) mass is 905 g/mol. The molecule has 4 aromatic carbocycles. The van der Waals surface area contributed by atoms with Gasteiger partial charge in [-0.1, -0.05) is 45.0 Å². The average Bonchev–Trinajstić information content (AvgIpc) is 3.83. The molecule has 67 heavy (non-hydrogen) atoms. The van der Waals surface area contributed by atoms with E-state index in [1.54, 1.807) is 0 Å². The van der Waals surface area contributed by atoms with Crippen LogP contribution in [0.3, 0.4) is 0 Å². The number of carbonyl (C=O) groups is 2. The van der Waals surface area contributed by atoms with E-state index in [4.69, 9.17) is 9.47 Å². The topological polar surface area (TPSA) is 84.2 Å². The van der Waals surface area contributed by atoms with E-state index in [9.17, 15) is 9.59 Å². The van der Waals surface area contributed by atoms with Crippen molar-refractivity contribution in [2.24, 2.45) is 11.8 Å². The summed E-state index contributed by atoms with van der Waals surface area (Å²) in [5, 5.41) is 5.99. The van der Waals surface area contributed by atoms with Gasteiger partial charge in [-0.05, 0) is 147 Å². The van der Waals surface area contributed by atoms with Crippen LogP contribution in [0.1, 0.15) is 121 Å². The molecule has 2 aromatic heterocycles. The number of nitrogens with one attached hydrogen (secondary N) is 1. The summed E-state index contributed by atoms with van der Waals surface area (Å²) in [6.45, 7) is 22.4. The fraction of sp³-hybridized carbons (Fsp3) is 0.474. The van der Waals surface area contributed by atoms with Crippen molar-refractivity contribution in [1.29, 1.82) is 0 Å². The maximum absolute atomic E-state index is 13.4. The molecule has 0 atom stereocenters. The smallest absolute Gasteiger partial charge is 0.253 e. The lowest BCUT2D eigenvalue weighted by Gasteiger charge is -2.30. The quantitative estimate of drug-likeness (QED) is 0.132. The molecule has 10 heteroatoms. The molecule has 0 aliphatic carbocycles. The number of hydrogen-bond acceptors (Lipinski definition) is 6. The lowest BCUT2D eigenvalue weighted by atomic mass is 9.98. The van der Waals surface area contributed by atoms with Crippen LogP contribution in [0.5, 0.6) is 11.5 Å². The van der Waals surface area contributed by atoms with Gasteiger partial charge in [-0.2, -0.15) is 0 Å². The summed E-state index contributed by atoms with van der Waals surface area (Å²) < 4.78 is 16.2. The van der Waals surface area contributed by atoms with Gasteiger partial charge in [0, 0.05) is 123 Å². The molecule has 0 saturated carbocycles. The Hall–Kier alpha value is -5.58. The van der Waals surface area contributed by atoms with Gasteiger partial charge in [0.25, 0.3) is 11.8 Å². The van der Waals surface area contributed by atoms with Gasteiger partial charge in [0.1, 0.15) is 11.5 Å². The van der Waals surface area contributed by atoms with Gasteiger partial charge in [-0.3, -0.25) is 14.5 Å². The second-order valence-corrected chi connectivity index (χ2v) is 19.5. The van der Waals surface area contributed by atoms with Crippen molar-refractivity contribution in [3.63, 3.8) is 0 Å². The normalized spacial score (nSPS) is 17.0. The van der Waals surface area contributed by atoms with E-state index in [2.05, 4.69) is 113 Å². The van der Waals surface area contributed by atoms with Gasteiger partial charge in [0.15, 0.2) is 0 Å². The van der Waals surface area contributed by atoms with Crippen molar-refractivity contribution < 1.29 is 19.1 Å². The zero-order valence-electron chi connectivity index (χ0n) is 40.7. The van der Waals surface area contributed by atoms with Crippen LogP contribution in [0, 0.1) is 11.8 Å². The lowest BCUT2D eigenvalue weighted by molar-refractivity contribution is 0.0689. The molecular formula is C57H72N6O4. The molecule has 10 rings (SSSR count). The van der Waals surface area contributed by atoms with Crippen molar-refractivity contribution in [2.75, 3.05) is 59.0 Å². The summed E-state index contributed by atoms with van der Waals surface area (Å²) in [7, 11) is 0. The molecule has 0 unspecified atom stereocenters. The van der Waals surface area contributed by atoms with Crippen LogP contribution < -0.4 is 14.8 Å². The van der Waals surface area contributed by atoms with Gasteiger partial charge in [0.05, 0.1) is 13.2 Å². The molecule has 2 fully saturated rings. The summed E-state index contributed by atoms with van der Waals surface area (Å²) in [5.41, 5.74) is 12.2. The Labute approximate surface area is 398 Å². The first-order chi connectivity index (χ1) is 32.7. The zero-order valence-corrected chi connectivity index (χ0v) is 40.7. The molecule has 10 nitrogen and oxygen atoms in total. The second kappa shape index (κ2) is 21.2. The number of ether oxygens (including phenoxy) is 2. The van der Waals surface area contributed by atoms with Crippen LogP contribution >= 0.6 is 0 Å². The molecule has 0 spiro atoms. The van der Waals surface area contributed by atoms with Gasteiger partial charge in [-0.15, -0.1) is 0 Å². The number of amides is 2. The molecule has 1 N–H and O–H groups in total. The summed E-state index contributed by atoms with van der Waals surface area (Å²) in [6, 6.07) is 29.6. The van der Waals surface area contributed by atoms with Crippen LogP contribution in [-0.2, 0) is 39.0 Å². The van der Waals surface area contributed by atoms with Gasteiger partial charge in [-0.25, -0.2) is 0 Å². The Kier molecular flexibility index (Phi) is 14.7. The first kappa shape index (κ1) is 46.5. The largest absolute Gasteiger partial charge is 0.494 e. The molecule has 0 bridgehead atoms. The fourth-order valence-electron chi connectivity index (χ4n) is 10.9. The highest BCUT2D eigenvalue weighted by Gasteiger charge is 2.28. The van der Waals surface area contributed by atoms with Gasteiger partial charge >= 0.3 is 0 Å². The molecule has 4 aliphatic rings. The van der Waals surface area contributed by atoms with Gasteiger partial charge in [0.2, 0.25) is 0 Å². The van der Waals surface area contributed by atoms with Crippen molar-refractivity contribution in [2.45, 2.75) is 106 Å². The second-order valence-electron chi connectivity index (χ2n) is 19.5. The Morgan fingerprint density at radius 1 is 0.597 bits per heavy atom. The van der Waals surface area contributed by atoms with Gasteiger partial charge < -0.3 is 33.7 Å². The molecule has 354 valence electrons. The molecule has 2 amide bonds. The third-order valence-electron chi connectivity index (χ3n) is 14.8. The summed E-state index contributed by atoms with van der Waals surface area (Å²) in [4.78, 5) is 33.2. The Morgan fingerprint density at radius 3 is 1.55 bits per heavy atom. The Balaban J connectivity index is 0.000000169. The van der Waals surface area contributed by atoms with Crippen molar-refractivity contribution in [3.8, 4) is 11.5 Å². The molecule has 6 heterocycles. The lowest BCUT2D eigenvalue weighted by Crippen LogP contribution is -2.37. The number of benzene rings is 4.